The third kappa shape index (κ3) is 16.6. The lowest BCUT2D eigenvalue weighted by atomic mass is 10.2. The van der Waals surface area contributed by atoms with Crippen molar-refractivity contribution in [3.05, 3.63) is 10.1 Å². The molecule has 1 atom stereocenters. The Morgan fingerprint density at radius 2 is 1.86 bits per heavy atom. The highest BCUT2D eigenvalue weighted by atomic mass is 16.9. The minimum atomic E-state index is -1.50. The fourth-order valence-corrected chi connectivity index (χ4v) is 0.421. The van der Waals surface area contributed by atoms with E-state index in [0.29, 0.717) is 0 Å². The monoisotopic (exact) mass is 209 g/mol. The first-order valence-electron chi connectivity index (χ1n) is 3.37. The summed E-state index contributed by atoms with van der Waals surface area (Å²) in [6, 6.07) is -0.979. The van der Waals surface area contributed by atoms with E-state index < -0.39 is 23.0 Å². The number of primary amides is 1. The van der Waals surface area contributed by atoms with Gasteiger partial charge in [-0.25, -0.2) is 0 Å². The van der Waals surface area contributed by atoms with Crippen molar-refractivity contribution in [1.29, 1.82) is 0 Å². The summed E-state index contributed by atoms with van der Waals surface area (Å²) in [5, 5.41) is 21.9. The molecule has 0 saturated carbocycles. The lowest BCUT2D eigenvalue weighted by Gasteiger charge is -2.01. The molecule has 82 valence electrons. The summed E-state index contributed by atoms with van der Waals surface area (Å²) in [7, 11) is 0. The molecule has 0 aliphatic heterocycles. The van der Waals surface area contributed by atoms with Crippen molar-refractivity contribution in [2.24, 2.45) is 11.5 Å². The van der Waals surface area contributed by atoms with Gasteiger partial charge >= 0.3 is 5.97 Å². The summed E-state index contributed by atoms with van der Waals surface area (Å²) in [5.41, 5.74) is 9.81. The third-order valence-corrected chi connectivity index (χ3v) is 1.02. The average molecular weight is 209 g/mol. The molecule has 0 spiro atoms. The standard InChI is InChI=1S/C5H10N2O3.HNO3/c6-3(5(9)10)1-2-4(7)8;2-1(3)4/h3H,1-2,6H2,(H2,7,8)(H,9,10);(H,2,3,4)/t3-;/m0./s1. The van der Waals surface area contributed by atoms with Crippen molar-refractivity contribution in [2.45, 2.75) is 18.9 Å². The fourth-order valence-electron chi connectivity index (χ4n) is 0.421. The average Bonchev–Trinajstić information content (AvgIpc) is 1.98. The molecular weight excluding hydrogens is 198 g/mol. The van der Waals surface area contributed by atoms with E-state index in [1.165, 1.54) is 0 Å². The van der Waals surface area contributed by atoms with Gasteiger partial charge in [0.15, 0.2) is 0 Å². The Balaban J connectivity index is 0. The number of aliphatic carboxylic acids is 1. The van der Waals surface area contributed by atoms with Gasteiger partial charge in [-0.3, -0.25) is 9.59 Å². The molecule has 0 bridgehead atoms. The zero-order valence-corrected chi connectivity index (χ0v) is 7.12. The molecule has 0 aliphatic carbocycles. The maximum atomic E-state index is 10.1. The molecule has 0 heterocycles. The number of nitrogens with zero attached hydrogens (tertiary/aromatic N) is 1. The normalized spacial score (nSPS) is 10.6. The Bertz CT molecular complexity index is 214. The highest BCUT2D eigenvalue weighted by molar-refractivity contribution is 5.76. The van der Waals surface area contributed by atoms with Crippen LogP contribution in [0.1, 0.15) is 12.8 Å². The van der Waals surface area contributed by atoms with Crippen LogP contribution in [0, 0.1) is 10.1 Å². The SMILES string of the molecule is NC(=O)CC[C@H](N)C(=O)O.O=[N+]([O-])O. The van der Waals surface area contributed by atoms with Crippen molar-refractivity contribution < 1.29 is 25.0 Å². The summed E-state index contributed by atoms with van der Waals surface area (Å²) < 4.78 is 0. The van der Waals surface area contributed by atoms with Crippen molar-refractivity contribution in [3.63, 3.8) is 0 Å². The van der Waals surface area contributed by atoms with Crippen LogP contribution in [0.2, 0.25) is 0 Å². The predicted molar refractivity (Wildman–Crippen MR) is 42.8 cm³/mol. The van der Waals surface area contributed by atoms with E-state index in [-0.39, 0.29) is 12.8 Å². The van der Waals surface area contributed by atoms with E-state index in [1.54, 1.807) is 0 Å². The van der Waals surface area contributed by atoms with Crippen molar-refractivity contribution >= 4 is 11.9 Å². The van der Waals surface area contributed by atoms with E-state index in [9.17, 15) is 9.59 Å². The lowest BCUT2D eigenvalue weighted by molar-refractivity contribution is -0.742. The fraction of sp³-hybridized carbons (Fsp3) is 0.600. The van der Waals surface area contributed by atoms with E-state index in [1.807, 2.05) is 0 Å². The largest absolute Gasteiger partial charge is 0.480 e. The molecule has 0 aromatic carbocycles. The molecule has 0 saturated heterocycles. The molecule has 0 aliphatic rings. The van der Waals surface area contributed by atoms with Crippen LogP contribution in [-0.2, 0) is 9.59 Å². The first-order valence-corrected chi connectivity index (χ1v) is 3.37. The van der Waals surface area contributed by atoms with Crippen molar-refractivity contribution in [2.75, 3.05) is 0 Å². The number of hydrogen-bond acceptors (Lipinski definition) is 5. The molecule has 0 aromatic heterocycles. The molecule has 0 radical (unpaired) electrons. The molecule has 0 unspecified atom stereocenters. The molecule has 0 aromatic rings. The Morgan fingerprint density at radius 1 is 1.50 bits per heavy atom. The van der Waals surface area contributed by atoms with Crippen LogP contribution in [0.3, 0.4) is 0 Å². The van der Waals surface area contributed by atoms with E-state index >= 15 is 0 Å². The number of carboxylic acids is 1. The van der Waals surface area contributed by atoms with Crippen molar-refractivity contribution in [3.8, 4) is 0 Å². The zero-order valence-electron chi connectivity index (χ0n) is 7.12. The van der Waals surface area contributed by atoms with Crippen LogP contribution in [-0.4, -0.2) is 33.3 Å². The number of carbonyl (C=O) groups excluding carboxylic acids is 1. The third-order valence-electron chi connectivity index (χ3n) is 1.02. The predicted octanol–water partition coefficient (Wildman–Crippen LogP) is -1.68. The first-order chi connectivity index (χ1) is 6.27. The summed E-state index contributed by atoms with van der Waals surface area (Å²) in [4.78, 5) is 28.5. The Kier molecular flexibility index (Phi) is 8.07. The van der Waals surface area contributed by atoms with Gasteiger partial charge in [-0.2, -0.15) is 0 Å². The summed E-state index contributed by atoms with van der Waals surface area (Å²) in [6.07, 6.45) is 0.123. The van der Waals surface area contributed by atoms with Gasteiger partial charge in [0.1, 0.15) is 6.04 Å². The summed E-state index contributed by atoms with van der Waals surface area (Å²) >= 11 is 0. The van der Waals surface area contributed by atoms with Gasteiger partial charge in [0, 0.05) is 6.42 Å². The Morgan fingerprint density at radius 3 is 2.07 bits per heavy atom. The minimum absolute atomic E-state index is 0.0213. The maximum absolute atomic E-state index is 10.1. The van der Waals surface area contributed by atoms with Gasteiger partial charge in [0.2, 0.25) is 5.91 Å². The second kappa shape index (κ2) is 7.73. The number of nitrogens with two attached hydrogens (primary N) is 2. The number of carbonyl (C=O) groups is 2. The Labute approximate surface area is 78.4 Å². The van der Waals surface area contributed by atoms with E-state index in [2.05, 4.69) is 0 Å². The molecule has 9 heteroatoms. The molecule has 1 amide bonds. The molecule has 9 nitrogen and oxygen atoms in total. The van der Waals surface area contributed by atoms with Gasteiger partial charge in [-0.1, -0.05) is 0 Å². The molecule has 0 fully saturated rings. The highest BCUT2D eigenvalue weighted by Gasteiger charge is 2.11. The van der Waals surface area contributed by atoms with Crippen LogP contribution in [0.4, 0.5) is 0 Å². The van der Waals surface area contributed by atoms with E-state index in [4.69, 9.17) is 31.9 Å². The van der Waals surface area contributed by atoms with Crippen LogP contribution in [0.15, 0.2) is 0 Å². The topological polar surface area (TPSA) is 170 Å². The highest BCUT2D eigenvalue weighted by Crippen LogP contribution is 1.92. The minimum Gasteiger partial charge on any atom is -0.480 e. The number of rotatable bonds is 4. The van der Waals surface area contributed by atoms with Crippen LogP contribution < -0.4 is 11.5 Å². The molecule has 6 N–H and O–H groups in total. The smallest absolute Gasteiger partial charge is 0.320 e. The van der Waals surface area contributed by atoms with Crippen LogP contribution >= 0.6 is 0 Å². The van der Waals surface area contributed by atoms with Gasteiger partial charge in [0.05, 0.1) is 0 Å². The maximum Gasteiger partial charge on any atom is 0.320 e. The molecular formula is C5H11N3O6. The summed E-state index contributed by atoms with van der Waals surface area (Å²) in [6.45, 7) is 0. The van der Waals surface area contributed by atoms with Crippen LogP contribution in [0.25, 0.3) is 0 Å². The zero-order chi connectivity index (χ0) is 11.7. The van der Waals surface area contributed by atoms with Gasteiger partial charge in [0.25, 0.3) is 5.09 Å². The molecule has 14 heavy (non-hydrogen) atoms. The van der Waals surface area contributed by atoms with Crippen LogP contribution in [0.5, 0.6) is 0 Å². The number of hydrogen-bond donors (Lipinski definition) is 4. The van der Waals surface area contributed by atoms with Crippen molar-refractivity contribution in [1.82, 2.24) is 0 Å². The van der Waals surface area contributed by atoms with Gasteiger partial charge in [-0.05, 0) is 6.42 Å². The first kappa shape index (κ1) is 14.6. The number of amides is 1. The number of carboxylic acid groups (broad SMARTS) is 1. The quantitative estimate of drug-likeness (QED) is 0.316. The van der Waals surface area contributed by atoms with Gasteiger partial charge < -0.3 is 21.8 Å². The second-order valence-electron chi connectivity index (χ2n) is 2.19. The molecule has 0 rings (SSSR count). The van der Waals surface area contributed by atoms with E-state index in [0.717, 1.165) is 0 Å². The second-order valence-corrected chi connectivity index (χ2v) is 2.19. The Hall–Kier alpha value is -1.90. The summed E-state index contributed by atoms with van der Waals surface area (Å²) in [5.74, 6) is -1.64. The lowest BCUT2D eigenvalue weighted by Crippen LogP contribution is -2.31. The van der Waals surface area contributed by atoms with Gasteiger partial charge in [-0.15, -0.1) is 10.1 Å².